The van der Waals surface area contributed by atoms with Crippen LogP contribution in [0.15, 0.2) is 36.5 Å². The van der Waals surface area contributed by atoms with E-state index in [9.17, 15) is 9.59 Å². The molecule has 3 rings (SSSR count). The lowest BCUT2D eigenvalue weighted by Gasteiger charge is -2.33. The number of hydrogen-bond donors (Lipinski definition) is 3. The van der Waals surface area contributed by atoms with E-state index in [2.05, 4.69) is 15.6 Å². The number of nitrogens with zero attached hydrogens (tertiary/aromatic N) is 3. The Bertz CT molecular complexity index is 869. The maximum Gasteiger partial charge on any atom is 0.407 e. The molecule has 1 aliphatic rings. The second-order valence-electron chi connectivity index (χ2n) is 6.31. The van der Waals surface area contributed by atoms with Crippen LogP contribution in [0.25, 0.3) is 0 Å². The van der Waals surface area contributed by atoms with Gasteiger partial charge >= 0.3 is 12.1 Å². The SMILES string of the molecule is CCOc1ccc(Cl)cc1NC(=O)Nc1ccc(N2CCN(C(=O)O)CC2)nc1. The number of aromatic nitrogens is 1. The van der Waals surface area contributed by atoms with Crippen molar-refractivity contribution in [3.63, 3.8) is 0 Å². The van der Waals surface area contributed by atoms with E-state index >= 15 is 0 Å². The lowest BCUT2D eigenvalue weighted by atomic mass is 10.3. The second-order valence-corrected chi connectivity index (χ2v) is 6.75. The monoisotopic (exact) mass is 419 g/mol. The van der Waals surface area contributed by atoms with Gasteiger partial charge in [0.1, 0.15) is 11.6 Å². The number of urea groups is 1. The average Bonchev–Trinajstić information content (AvgIpc) is 2.71. The Morgan fingerprint density at radius 2 is 1.93 bits per heavy atom. The molecule has 9 nitrogen and oxygen atoms in total. The van der Waals surface area contributed by atoms with Crippen LogP contribution in [0.3, 0.4) is 0 Å². The predicted molar refractivity (Wildman–Crippen MR) is 111 cm³/mol. The number of ether oxygens (including phenoxy) is 1. The van der Waals surface area contributed by atoms with Gasteiger partial charge in [-0.15, -0.1) is 0 Å². The molecule has 154 valence electrons. The Kier molecular flexibility index (Phi) is 6.61. The molecule has 2 heterocycles. The number of nitrogens with one attached hydrogen (secondary N) is 2. The maximum atomic E-state index is 12.3. The summed E-state index contributed by atoms with van der Waals surface area (Å²) in [4.78, 5) is 31.0. The van der Waals surface area contributed by atoms with Gasteiger partial charge in [-0.2, -0.15) is 0 Å². The van der Waals surface area contributed by atoms with Gasteiger partial charge in [0.05, 0.1) is 24.2 Å². The summed E-state index contributed by atoms with van der Waals surface area (Å²) in [5.41, 5.74) is 0.994. The topological polar surface area (TPSA) is 107 Å². The summed E-state index contributed by atoms with van der Waals surface area (Å²) in [6.45, 7) is 4.32. The number of halogens is 1. The smallest absolute Gasteiger partial charge is 0.407 e. The lowest BCUT2D eigenvalue weighted by molar-refractivity contribution is 0.142. The minimum atomic E-state index is -0.907. The molecule has 3 amide bonds. The first-order chi connectivity index (χ1) is 14.0. The van der Waals surface area contributed by atoms with Crippen molar-refractivity contribution in [2.24, 2.45) is 0 Å². The van der Waals surface area contributed by atoms with Crippen molar-refractivity contribution < 1.29 is 19.4 Å². The van der Waals surface area contributed by atoms with Crippen LogP contribution in [0, 0.1) is 0 Å². The number of anilines is 3. The molecule has 0 aliphatic carbocycles. The van der Waals surface area contributed by atoms with E-state index in [1.54, 1.807) is 36.5 Å². The quantitative estimate of drug-likeness (QED) is 0.683. The van der Waals surface area contributed by atoms with Gasteiger partial charge in [-0.25, -0.2) is 14.6 Å². The van der Waals surface area contributed by atoms with Gasteiger partial charge in [0.25, 0.3) is 0 Å². The minimum absolute atomic E-state index is 0.432. The van der Waals surface area contributed by atoms with E-state index in [4.69, 9.17) is 21.4 Å². The van der Waals surface area contributed by atoms with Crippen LogP contribution in [-0.2, 0) is 0 Å². The Morgan fingerprint density at radius 3 is 2.55 bits per heavy atom. The fraction of sp³-hybridized carbons (Fsp3) is 0.316. The zero-order chi connectivity index (χ0) is 20.8. The zero-order valence-corrected chi connectivity index (χ0v) is 16.6. The molecule has 0 bridgehead atoms. The van der Waals surface area contributed by atoms with Crippen molar-refractivity contribution in [3.8, 4) is 5.75 Å². The van der Waals surface area contributed by atoms with E-state index in [-0.39, 0.29) is 0 Å². The van der Waals surface area contributed by atoms with Crippen molar-refractivity contribution in [1.82, 2.24) is 9.88 Å². The molecule has 1 fully saturated rings. The summed E-state index contributed by atoms with van der Waals surface area (Å²) < 4.78 is 5.49. The van der Waals surface area contributed by atoms with Gasteiger partial charge < -0.3 is 30.3 Å². The number of rotatable bonds is 5. The van der Waals surface area contributed by atoms with Gasteiger partial charge in [0.2, 0.25) is 0 Å². The van der Waals surface area contributed by atoms with E-state index in [0.717, 1.165) is 5.82 Å². The van der Waals surface area contributed by atoms with E-state index < -0.39 is 12.1 Å². The summed E-state index contributed by atoms with van der Waals surface area (Å²) in [6.07, 6.45) is 0.648. The molecule has 10 heteroatoms. The Morgan fingerprint density at radius 1 is 1.17 bits per heavy atom. The molecule has 2 aromatic rings. The number of carbonyl (C=O) groups is 2. The van der Waals surface area contributed by atoms with Gasteiger partial charge in [-0.05, 0) is 37.3 Å². The standard InChI is InChI=1S/C19H22ClN5O4/c1-2-29-16-5-3-13(20)11-15(16)23-18(26)22-14-4-6-17(21-12-14)24-7-9-25(10-8-24)19(27)28/h3-6,11-12H,2,7-10H2,1H3,(H,27,28)(H2,22,23,26). The summed E-state index contributed by atoms with van der Waals surface area (Å²) in [7, 11) is 0. The Balaban J connectivity index is 1.58. The molecular weight excluding hydrogens is 398 g/mol. The molecule has 3 N–H and O–H groups in total. The molecular formula is C19H22ClN5O4. The highest BCUT2D eigenvalue weighted by Crippen LogP contribution is 2.28. The molecule has 0 radical (unpaired) electrons. The Hall–Kier alpha value is -3.20. The molecule has 0 unspecified atom stereocenters. The Labute approximate surface area is 173 Å². The lowest BCUT2D eigenvalue weighted by Crippen LogP contribution is -2.48. The number of piperazine rings is 1. The third-order valence-corrected chi connectivity index (χ3v) is 4.60. The number of amides is 3. The van der Waals surface area contributed by atoms with E-state index in [1.807, 2.05) is 11.8 Å². The van der Waals surface area contributed by atoms with Crippen molar-refractivity contribution in [2.75, 3.05) is 48.3 Å². The van der Waals surface area contributed by atoms with Crippen molar-refractivity contribution in [2.45, 2.75) is 6.92 Å². The van der Waals surface area contributed by atoms with Crippen molar-refractivity contribution in [3.05, 3.63) is 41.6 Å². The van der Waals surface area contributed by atoms with Crippen LogP contribution in [0.4, 0.5) is 26.8 Å². The highest BCUT2D eigenvalue weighted by Gasteiger charge is 2.21. The van der Waals surface area contributed by atoms with Gasteiger partial charge in [-0.1, -0.05) is 11.6 Å². The number of benzene rings is 1. The van der Waals surface area contributed by atoms with Crippen LogP contribution in [0.5, 0.6) is 5.75 Å². The molecule has 1 saturated heterocycles. The number of carboxylic acid groups (broad SMARTS) is 1. The predicted octanol–water partition coefficient (Wildman–Crippen LogP) is 3.58. The summed E-state index contributed by atoms with van der Waals surface area (Å²) in [5, 5.41) is 14.9. The normalized spacial score (nSPS) is 13.7. The highest BCUT2D eigenvalue weighted by molar-refractivity contribution is 6.31. The fourth-order valence-electron chi connectivity index (χ4n) is 2.94. The van der Waals surface area contributed by atoms with Crippen molar-refractivity contribution in [1.29, 1.82) is 0 Å². The van der Waals surface area contributed by atoms with E-state index in [1.165, 1.54) is 4.90 Å². The van der Waals surface area contributed by atoms with Crippen LogP contribution in [0.1, 0.15) is 6.92 Å². The second kappa shape index (κ2) is 9.33. The minimum Gasteiger partial charge on any atom is -0.492 e. The number of carbonyl (C=O) groups excluding carboxylic acids is 1. The molecule has 0 spiro atoms. The number of pyridine rings is 1. The molecule has 0 saturated carbocycles. The maximum absolute atomic E-state index is 12.3. The number of hydrogen-bond acceptors (Lipinski definition) is 5. The molecule has 1 aromatic heterocycles. The highest BCUT2D eigenvalue weighted by atomic mass is 35.5. The third-order valence-electron chi connectivity index (χ3n) is 4.37. The zero-order valence-electron chi connectivity index (χ0n) is 15.9. The third kappa shape index (κ3) is 5.41. The van der Waals surface area contributed by atoms with Gasteiger partial charge in [-0.3, -0.25) is 0 Å². The van der Waals surface area contributed by atoms with Gasteiger partial charge in [0, 0.05) is 31.2 Å². The largest absolute Gasteiger partial charge is 0.492 e. The first-order valence-corrected chi connectivity index (χ1v) is 9.53. The van der Waals surface area contributed by atoms with Crippen LogP contribution >= 0.6 is 11.6 Å². The van der Waals surface area contributed by atoms with Crippen LogP contribution in [0.2, 0.25) is 5.02 Å². The average molecular weight is 420 g/mol. The molecule has 1 aliphatic heterocycles. The molecule has 1 aromatic carbocycles. The van der Waals surface area contributed by atoms with Crippen LogP contribution < -0.4 is 20.3 Å². The summed E-state index contributed by atoms with van der Waals surface area (Å²) >= 11 is 6.00. The molecule has 0 atom stereocenters. The molecule has 29 heavy (non-hydrogen) atoms. The van der Waals surface area contributed by atoms with Crippen LogP contribution in [-0.4, -0.2) is 59.9 Å². The van der Waals surface area contributed by atoms with Gasteiger partial charge in [0.15, 0.2) is 0 Å². The first kappa shape index (κ1) is 20.5. The fourth-order valence-corrected chi connectivity index (χ4v) is 3.11. The van der Waals surface area contributed by atoms with Crippen molar-refractivity contribution >= 4 is 40.9 Å². The summed E-state index contributed by atoms with van der Waals surface area (Å²) in [6, 6.07) is 8.09. The summed E-state index contributed by atoms with van der Waals surface area (Å²) in [5.74, 6) is 1.26. The first-order valence-electron chi connectivity index (χ1n) is 9.15. The van der Waals surface area contributed by atoms with E-state index in [0.29, 0.717) is 54.9 Å².